The molecule has 0 spiro atoms. The van der Waals surface area contributed by atoms with Crippen molar-refractivity contribution in [2.45, 2.75) is 51.9 Å². The number of hydrogen-bond donors (Lipinski definition) is 0. The van der Waals surface area contributed by atoms with E-state index >= 15 is 0 Å². The van der Waals surface area contributed by atoms with Crippen LogP contribution in [0.1, 0.15) is 51.9 Å². The predicted octanol–water partition coefficient (Wildman–Crippen LogP) is 4.48. The number of hydrogen-bond acceptors (Lipinski definition) is 0. The van der Waals surface area contributed by atoms with E-state index in [-0.39, 0.29) is 0 Å². The Bertz CT molecular complexity index is 176. The standard InChI is InChI=1S/C13H22/c1-3-5-6-10-13-11-8-7-9-12(13)4-2/h4,10,12H,2-3,5-9,11H2,1H3/b13-10+. The molecule has 0 aromatic rings. The fourth-order valence-corrected chi connectivity index (χ4v) is 2.08. The Morgan fingerprint density at radius 3 is 3.00 bits per heavy atom. The summed E-state index contributed by atoms with van der Waals surface area (Å²) in [4.78, 5) is 0. The van der Waals surface area contributed by atoms with Crippen molar-refractivity contribution < 1.29 is 0 Å². The molecule has 1 unspecified atom stereocenters. The maximum Gasteiger partial charge on any atom is -0.00260 e. The highest BCUT2D eigenvalue weighted by molar-refractivity contribution is 5.14. The molecule has 1 aliphatic carbocycles. The van der Waals surface area contributed by atoms with E-state index in [4.69, 9.17) is 0 Å². The van der Waals surface area contributed by atoms with Crippen molar-refractivity contribution in [2.75, 3.05) is 0 Å². The van der Waals surface area contributed by atoms with E-state index in [1.54, 1.807) is 5.57 Å². The molecule has 0 saturated heterocycles. The maximum atomic E-state index is 3.92. The van der Waals surface area contributed by atoms with Gasteiger partial charge in [-0.2, -0.15) is 0 Å². The van der Waals surface area contributed by atoms with Gasteiger partial charge < -0.3 is 0 Å². The lowest BCUT2D eigenvalue weighted by Crippen LogP contribution is -2.06. The average molecular weight is 178 g/mol. The molecule has 0 bridgehead atoms. The van der Waals surface area contributed by atoms with Crippen LogP contribution in [0.15, 0.2) is 24.3 Å². The molecule has 0 N–H and O–H groups in total. The molecule has 1 atom stereocenters. The van der Waals surface area contributed by atoms with Crippen LogP contribution in [0, 0.1) is 5.92 Å². The van der Waals surface area contributed by atoms with Crippen molar-refractivity contribution in [2.24, 2.45) is 5.92 Å². The van der Waals surface area contributed by atoms with Crippen molar-refractivity contribution in [1.82, 2.24) is 0 Å². The summed E-state index contributed by atoms with van der Waals surface area (Å²) in [6, 6.07) is 0. The Hall–Kier alpha value is -0.520. The summed E-state index contributed by atoms with van der Waals surface area (Å²) in [5, 5.41) is 0. The zero-order valence-corrected chi connectivity index (χ0v) is 8.89. The van der Waals surface area contributed by atoms with Crippen LogP contribution in [0.5, 0.6) is 0 Å². The summed E-state index contributed by atoms with van der Waals surface area (Å²) < 4.78 is 0. The van der Waals surface area contributed by atoms with Gasteiger partial charge in [0.25, 0.3) is 0 Å². The first-order valence-corrected chi connectivity index (χ1v) is 5.70. The van der Waals surface area contributed by atoms with Crippen LogP contribution in [0.25, 0.3) is 0 Å². The van der Waals surface area contributed by atoms with Crippen LogP contribution in [-0.4, -0.2) is 0 Å². The highest BCUT2D eigenvalue weighted by Crippen LogP contribution is 2.30. The topological polar surface area (TPSA) is 0 Å². The van der Waals surface area contributed by atoms with Crippen molar-refractivity contribution in [3.05, 3.63) is 24.3 Å². The van der Waals surface area contributed by atoms with Crippen LogP contribution >= 0.6 is 0 Å². The molecule has 0 heteroatoms. The average Bonchev–Trinajstić information content (AvgIpc) is 2.19. The largest absolute Gasteiger partial charge is 0.102 e. The van der Waals surface area contributed by atoms with Gasteiger partial charge in [-0.1, -0.05) is 43.9 Å². The fraction of sp³-hybridized carbons (Fsp3) is 0.692. The molecule has 1 rings (SSSR count). The molecule has 1 aliphatic rings. The molecule has 74 valence electrons. The second kappa shape index (κ2) is 6.01. The summed E-state index contributed by atoms with van der Waals surface area (Å²) in [6.07, 6.45) is 14.0. The highest BCUT2D eigenvalue weighted by Gasteiger charge is 2.14. The Kier molecular flexibility index (Phi) is 4.88. The van der Waals surface area contributed by atoms with E-state index in [9.17, 15) is 0 Å². The van der Waals surface area contributed by atoms with E-state index < -0.39 is 0 Å². The van der Waals surface area contributed by atoms with Gasteiger partial charge in [-0.15, -0.1) is 6.58 Å². The van der Waals surface area contributed by atoms with E-state index in [1.807, 2.05) is 0 Å². The summed E-state index contributed by atoms with van der Waals surface area (Å²) in [5.41, 5.74) is 1.66. The molecule has 0 nitrogen and oxygen atoms in total. The third-order valence-electron chi connectivity index (χ3n) is 2.96. The third kappa shape index (κ3) is 3.38. The van der Waals surface area contributed by atoms with Gasteiger partial charge in [0, 0.05) is 0 Å². The minimum absolute atomic E-state index is 0.700. The van der Waals surface area contributed by atoms with Gasteiger partial charge in [0.15, 0.2) is 0 Å². The summed E-state index contributed by atoms with van der Waals surface area (Å²) in [6.45, 7) is 6.18. The number of rotatable bonds is 4. The third-order valence-corrected chi connectivity index (χ3v) is 2.96. The molecule has 1 saturated carbocycles. The van der Waals surface area contributed by atoms with E-state index in [0.717, 1.165) is 0 Å². The van der Waals surface area contributed by atoms with Crippen molar-refractivity contribution in [3.63, 3.8) is 0 Å². The normalized spacial score (nSPS) is 26.2. The van der Waals surface area contributed by atoms with Crippen LogP contribution in [0.4, 0.5) is 0 Å². The zero-order chi connectivity index (χ0) is 9.52. The lowest BCUT2D eigenvalue weighted by Gasteiger charge is -2.22. The van der Waals surface area contributed by atoms with Crippen molar-refractivity contribution in [3.8, 4) is 0 Å². The smallest absolute Gasteiger partial charge is 0.00260 e. The van der Waals surface area contributed by atoms with E-state index in [2.05, 4.69) is 25.7 Å². The first kappa shape index (κ1) is 10.6. The lowest BCUT2D eigenvalue weighted by atomic mass is 9.84. The van der Waals surface area contributed by atoms with Crippen molar-refractivity contribution in [1.29, 1.82) is 0 Å². The van der Waals surface area contributed by atoms with Crippen LogP contribution < -0.4 is 0 Å². The maximum absolute atomic E-state index is 3.92. The quantitative estimate of drug-likeness (QED) is 0.440. The Morgan fingerprint density at radius 1 is 1.46 bits per heavy atom. The number of allylic oxidation sites excluding steroid dienone is 3. The first-order valence-electron chi connectivity index (χ1n) is 5.70. The SMILES string of the molecule is C=CC1CCCC/C1=C\CCCC. The van der Waals surface area contributed by atoms with Crippen molar-refractivity contribution >= 4 is 0 Å². The fourth-order valence-electron chi connectivity index (χ4n) is 2.08. The Balaban J connectivity index is 2.43. The Morgan fingerprint density at radius 2 is 2.31 bits per heavy atom. The second-order valence-corrected chi connectivity index (χ2v) is 4.01. The molecule has 0 amide bonds. The minimum atomic E-state index is 0.700. The van der Waals surface area contributed by atoms with Gasteiger partial charge >= 0.3 is 0 Å². The molecule has 0 aromatic heterocycles. The second-order valence-electron chi connectivity index (χ2n) is 4.01. The Labute approximate surface area is 82.7 Å². The molecule has 0 radical (unpaired) electrons. The summed E-state index contributed by atoms with van der Waals surface area (Å²) >= 11 is 0. The number of unbranched alkanes of at least 4 members (excludes halogenated alkanes) is 2. The summed E-state index contributed by atoms with van der Waals surface area (Å²) in [5.74, 6) is 0.700. The zero-order valence-electron chi connectivity index (χ0n) is 8.89. The molecule has 0 aromatic carbocycles. The molecular formula is C13H22. The van der Waals surface area contributed by atoms with E-state index in [1.165, 1.54) is 44.9 Å². The molecule has 13 heavy (non-hydrogen) atoms. The first-order chi connectivity index (χ1) is 6.38. The van der Waals surface area contributed by atoms with Crippen LogP contribution in [-0.2, 0) is 0 Å². The van der Waals surface area contributed by atoms with Gasteiger partial charge in [-0.3, -0.25) is 0 Å². The van der Waals surface area contributed by atoms with Gasteiger partial charge in [-0.05, 0) is 31.6 Å². The van der Waals surface area contributed by atoms with Gasteiger partial charge in [0.05, 0.1) is 0 Å². The minimum Gasteiger partial charge on any atom is -0.102 e. The van der Waals surface area contributed by atoms with Gasteiger partial charge in [-0.25, -0.2) is 0 Å². The van der Waals surface area contributed by atoms with Crippen LogP contribution in [0.2, 0.25) is 0 Å². The lowest BCUT2D eigenvalue weighted by molar-refractivity contribution is 0.516. The van der Waals surface area contributed by atoms with Crippen LogP contribution in [0.3, 0.4) is 0 Å². The molecule has 0 aliphatic heterocycles. The molecule has 0 heterocycles. The summed E-state index contributed by atoms with van der Waals surface area (Å²) in [7, 11) is 0. The molecule has 1 fully saturated rings. The predicted molar refractivity (Wildman–Crippen MR) is 59.8 cm³/mol. The van der Waals surface area contributed by atoms with E-state index in [0.29, 0.717) is 5.92 Å². The van der Waals surface area contributed by atoms with Gasteiger partial charge in [0.1, 0.15) is 0 Å². The van der Waals surface area contributed by atoms with Gasteiger partial charge in [0.2, 0.25) is 0 Å². The monoisotopic (exact) mass is 178 g/mol. The molecular weight excluding hydrogens is 156 g/mol. The highest BCUT2D eigenvalue weighted by atomic mass is 14.2.